The fraction of sp³-hybridized carbons (Fsp3) is 0.0714. The Morgan fingerprint density at radius 3 is 2.52 bits per heavy atom. The van der Waals surface area contributed by atoms with Crippen molar-refractivity contribution in [3.8, 4) is 11.5 Å². The van der Waals surface area contributed by atoms with Crippen molar-refractivity contribution < 1.29 is 14.0 Å². The lowest BCUT2D eigenvalue weighted by Gasteiger charge is -1.93. The number of benzene rings is 1. The zero-order valence-electron chi connectivity index (χ0n) is 10.9. The van der Waals surface area contributed by atoms with E-state index in [4.69, 9.17) is 4.52 Å². The van der Waals surface area contributed by atoms with Crippen molar-refractivity contribution in [1.29, 1.82) is 0 Å². The van der Waals surface area contributed by atoms with Crippen molar-refractivity contribution in [3.63, 3.8) is 0 Å². The number of nitro benzene ring substituents is 1. The molecule has 0 saturated heterocycles. The van der Waals surface area contributed by atoms with E-state index in [2.05, 4.69) is 10.1 Å². The summed E-state index contributed by atoms with van der Waals surface area (Å²) in [4.78, 5) is 14.4. The summed E-state index contributed by atoms with van der Waals surface area (Å²) >= 11 is 0. The van der Waals surface area contributed by atoms with E-state index in [0.717, 1.165) is 0 Å². The van der Waals surface area contributed by atoms with Crippen molar-refractivity contribution in [3.05, 3.63) is 70.8 Å². The highest BCUT2D eigenvalue weighted by atomic mass is 16.6. The molecule has 7 nitrogen and oxygen atoms in total. The van der Waals surface area contributed by atoms with Crippen LogP contribution in [-0.2, 0) is 6.54 Å². The molecule has 0 saturated carbocycles. The van der Waals surface area contributed by atoms with Crippen LogP contribution in [0.1, 0.15) is 5.82 Å². The van der Waals surface area contributed by atoms with Gasteiger partial charge in [-0.25, -0.2) is 0 Å². The molecule has 1 aromatic carbocycles. The van der Waals surface area contributed by atoms with Gasteiger partial charge in [-0.2, -0.15) is 9.55 Å². The van der Waals surface area contributed by atoms with Gasteiger partial charge in [-0.05, 0) is 12.1 Å². The molecule has 0 N–H and O–H groups in total. The smallest absolute Gasteiger partial charge is 0.269 e. The van der Waals surface area contributed by atoms with Crippen LogP contribution < -0.4 is 4.57 Å². The lowest BCUT2D eigenvalue weighted by molar-refractivity contribution is -0.689. The molecule has 0 radical (unpaired) electrons. The number of rotatable bonds is 4. The molecule has 7 heteroatoms. The van der Waals surface area contributed by atoms with Gasteiger partial charge in [0, 0.05) is 29.8 Å². The first kappa shape index (κ1) is 12.9. The Morgan fingerprint density at radius 2 is 1.86 bits per heavy atom. The fourth-order valence-corrected chi connectivity index (χ4v) is 1.86. The Hall–Kier alpha value is -3.09. The molecule has 0 amide bonds. The van der Waals surface area contributed by atoms with Gasteiger partial charge in [-0.1, -0.05) is 11.2 Å². The van der Waals surface area contributed by atoms with Gasteiger partial charge in [-0.15, -0.1) is 0 Å². The van der Waals surface area contributed by atoms with Crippen LogP contribution in [0.25, 0.3) is 11.5 Å². The van der Waals surface area contributed by atoms with E-state index in [-0.39, 0.29) is 5.69 Å². The van der Waals surface area contributed by atoms with Crippen LogP contribution in [0.5, 0.6) is 0 Å². The van der Waals surface area contributed by atoms with Gasteiger partial charge in [0.25, 0.3) is 11.6 Å². The summed E-state index contributed by atoms with van der Waals surface area (Å²) in [5, 5.41) is 14.5. The van der Waals surface area contributed by atoms with Crippen LogP contribution in [0.3, 0.4) is 0 Å². The first-order chi connectivity index (χ1) is 10.2. The number of aromatic nitrogens is 3. The zero-order valence-corrected chi connectivity index (χ0v) is 10.9. The second kappa shape index (κ2) is 5.49. The van der Waals surface area contributed by atoms with Gasteiger partial charge >= 0.3 is 0 Å². The lowest BCUT2D eigenvalue weighted by Crippen LogP contribution is -2.33. The summed E-state index contributed by atoms with van der Waals surface area (Å²) < 4.78 is 7.10. The topological polar surface area (TPSA) is 85.9 Å². The minimum atomic E-state index is -0.449. The molecule has 2 heterocycles. The molecule has 21 heavy (non-hydrogen) atoms. The minimum Gasteiger partial charge on any atom is -0.334 e. The normalized spacial score (nSPS) is 10.5. The second-order valence-corrected chi connectivity index (χ2v) is 4.37. The molecule has 0 aliphatic heterocycles. The van der Waals surface area contributed by atoms with Gasteiger partial charge in [0.15, 0.2) is 12.4 Å². The summed E-state index contributed by atoms with van der Waals surface area (Å²) in [6.45, 7) is 0.497. The van der Waals surface area contributed by atoms with E-state index < -0.39 is 4.92 Å². The highest BCUT2D eigenvalue weighted by molar-refractivity contribution is 5.55. The van der Waals surface area contributed by atoms with Crippen molar-refractivity contribution in [2.24, 2.45) is 0 Å². The van der Waals surface area contributed by atoms with Gasteiger partial charge in [-0.3, -0.25) is 10.1 Å². The van der Waals surface area contributed by atoms with E-state index in [1.807, 2.05) is 35.2 Å². The van der Waals surface area contributed by atoms with Crippen LogP contribution in [0, 0.1) is 10.1 Å². The SMILES string of the molecule is O=[N+]([O-])c1ccc(-c2nc(C[n+]3ccccc3)no2)cc1. The van der Waals surface area contributed by atoms with Crippen molar-refractivity contribution >= 4 is 5.69 Å². The summed E-state index contributed by atoms with van der Waals surface area (Å²) in [7, 11) is 0. The Labute approximate surface area is 119 Å². The van der Waals surface area contributed by atoms with E-state index in [1.165, 1.54) is 12.1 Å². The van der Waals surface area contributed by atoms with Crippen LogP contribution in [-0.4, -0.2) is 15.1 Å². The van der Waals surface area contributed by atoms with Crippen molar-refractivity contribution in [1.82, 2.24) is 10.1 Å². The first-order valence-electron chi connectivity index (χ1n) is 6.24. The summed E-state index contributed by atoms with van der Waals surface area (Å²) in [6.07, 6.45) is 3.81. The molecule has 3 aromatic rings. The molecule has 104 valence electrons. The van der Waals surface area contributed by atoms with E-state index in [0.29, 0.717) is 23.8 Å². The minimum absolute atomic E-state index is 0.0262. The number of nitro groups is 1. The van der Waals surface area contributed by atoms with Gasteiger partial charge in [0.1, 0.15) is 0 Å². The summed E-state index contributed by atoms with van der Waals surface area (Å²) in [5.74, 6) is 0.885. The third-order valence-electron chi connectivity index (χ3n) is 2.89. The Bertz CT molecular complexity index is 753. The van der Waals surface area contributed by atoms with Crippen molar-refractivity contribution in [2.75, 3.05) is 0 Å². The van der Waals surface area contributed by atoms with Gasteiger partial charge in [0.2, 0.25) is 12.4 Å². The third kappa shape index (κ3) is 2.92. The highest BCUT2D eigenvalue weighted by Crippen LogP contribution is 2.20. The van der Waals surface area contributed by atoms with Crippen LogP contribution >= 0.6 is 0 Å². The van der Waals surface area contributed by atoms with Crippen LogP contribution in [0.4, 0.5) is 5.69 Å². The molecular weight excluding hydrogens is 272 g/mol. The maximum absolute atomic E-state index is 10.6. The monoisotopic (exact) mass is 283 g/mol. The summed E-state index contributed by atoms with van der Waals surface area (Å²) in [5.41, 5.74) is 0.677. The number of hydrogen-bond donors (Lipinski definition) is 0. The Kier molecular flexibility index (Phi) is 3.38. The highest BCUT2D eigenvalue weighted by Gasteiger charge is 2.13. The molecule has 0 bridgehead atoms. The molecule has 2 aromatic heterocycles. The third-order valence-corrected chi connectivity index (χ3v) is 2.89. The predicted molar refractivity (Wildman–Crippen MR) is 72.1 cm³/mol. The first-order valence-corrected chi connectivity index (χ1v) is 6.24. The Morgan fingerprint density at radius 1 is 1.14 bits per heavy atom. The number of pyridine rings is 1. The maximum Gasteiger partial charge on any atom is 0.269 e. The molecule has 0 atom stereocenters. The van der Waals surface area contributed by atoms with Gasteiger partial charge < -0.3 is 4.52 Å². The molecule has 0 fully saturated rings. The molecule has 3 rings (SSSR count). The zero-order chi connectivity index (χ0) is 14.7. The second-order valence-electron chi connectivity index (χ2n) is 4.37. The van der Waals surface area contributed by atoms with Gasteiger partial charge in [0.05, 0.1) is 4.92 Å². The molecule has 0 spiro atoms. The van der Waals surface area contributed by atoms with E-state index in [1.54, 1.807) is 12.1 Å². The molecule has 0 aliphatic carbocycles. The molecule has 0 aliphatic rings. The van der Waals surface area contributed by atoms with Crippen LogP contribution in [0.15, 0.2) is 59.4 Å². The molecular formula is C14H11N4O3+. The number of hydrogen-bond acceptors (Lipinski definition) is 5. The maximum atomic E-state index is 10.6. The quantitative estimate of drug-likeness (QED) is 0.415. The van der Waals surface area contributed by atoms with Crippen molar-refractivity contribution in [2.45, 2.75) is 6.54 Å². The predicted octanol–water partition coefficient (Wildman–Crippen LogP) is 1.98. The van der Waals surface area contributed by atoms with E-state index >= 15 is 0 Å². The fourth-order valence-electron chi connectivity index (χ4n) is 1.86. The standard InChI is InChI=1S/C14H11N4O3/c19-18(20)12-6-4-11(5-7-12)14-15-13(16-21-14)10-17-8-2-1-3-9-17/h1-9H,10H2/q+1. The Balaban J connectivity index is 1.80. The lowest BCUT2D eigenvalue weighted by atomic mass is 10.2. The average Bonchev–Trinajstić information content (AvgIpc) is 2.97. The summed E-state index contributed by atoms with van der Waals surface area (Å²) in [6, 6.07) is 11.7. The number of non-ortho nitro benzene ring substituents is 1. The molecule has 0 unspecified atom stereocenters. The largest absolute Gasteiger partial charge is 0.334 e. The van der Waals surface area contributed by atoms with Crippen LogP contribution in [0.2, 0.25) is 0 Å². The number of nitrogens with zero attached hydrogens (tertiary/aromatic N) is 4. The van der Waals surface area contributed by atoms with E-state index in [9.17, 15) is 10.1 Å². The average molecular weight is 283 g/mol.